The molecule has 2 N–H and O–H groups in total. The monoisotopic (exact) mass is 418 g/mol. The third-order valence-corrected chi connectivity index (χ3v) is 7.65. The molecule has 0 aromatic carbocycles. The van der Waals surface area contributed by atoms with Gasteiger partial charge in [-0.25, -0.2) is 17.8 Å². The molecule has 0 spiro atoms. The third-order valence-electron chi connectivity index (χ3n) is 6.85. The number of aromatic nitrogens is 4. The summed E-state index contributed by atoms with van der Waals surface area (Å²) in [6.07, 6.45) is 10.9. The van der Waals surface area contributed by atoms with Crippen molar-refractivity contribution in [3.8, 4) is 5.82 Å². The minimum Gasteiger partial charge on any atom is -0.349 e. The highest BCUT2D eigenvalue weighted by atomic mass is 32.2. The number of nitrogens with zero attached hydrogens (tertiary/aromatic N) is 4. The summed E-state index contributed by atoms with van der Waals surface area (Å²) in [5.41, 5.74) is 0.161. The van der Waals surface area contributed by atoms with E-state index in [1.807, 2.05) is 0 Å². The maximum absolute atomic E-state index is 13.2. The van der Waals surface area contributed by atoms with Crippen LogP contribution in [0.1, 0.15) is 42.5 Å². The van der Waals surface area contributed by atoms with Gasteiger partial charge in [0, 0.05) is 31.0 Å². The summed E-state index contributed by atoms with van der Waals surface area (Å²) >= 11 is 0. The highest BCUT2D eigenvalue weighted by Crippen LogP contribution is 2.56. The summed E-state index contributed by atoms with van der Waals surface area (Å²) in [7, 11) is -1.47. The number of aryl methyl sites for hydroxylation is 1. The average Bonchev–Trinajstić information content (AvgIpc) is 3.24. The summed E-state index contributed by atoms with van der Waals surface area (Å²) in [6.45, 7) is 0. The van der Waals surface area contributed by atoms with Gasteiger partial charge in [-0.2, -0.15) is 10.2 Å². The van der Waals surface area contributed by atoms with Crippen molar-refractivity contribution < 1.29 is 13.2 Å². The number of hydrogen-bond donors (Lipinski definition) is 2. The van der Waals surface area contributed by atoms with Gasteiger partial charge < -0.3 is 5.32 Å². The number of carbonyl (C=O) groups is 1. The van der Waals surface area contributed by atoms with Gasteiger partial charge in [0.25, 0.3) is 5.91 Å². The van der Waals surface area contributed by atoms with Crippen molar-refractivity contribution in [2.45, 2.75) is 43.7 Å². The molecule has 29 heavy (non-hydrogen) atoms. The lowest BCUT2D eigenvalue weighted by molar-refractivity contribution is -0.0347. The van der Waals surface area contributed by atoms with Gasteiger partial charge in [-0.05, 0) is 55.9 Å². The number of hydrogen-bond acceptors (Lipinski definition) is 5. The van der Waals surface area contributed by atoms with Crippen molar-refractivity contribution in [2.24, 2.45) is 24.8 Å². The van der Waals surface area contributed by atoms with Crippen LogP contribution in [0.25, 0.3) is 5.82 Å². The second-order valence-corrected chi connectivity index (χ2v) is 10.8. The number of sulfonamides is 1. The summed E-state index contributed by atoms with van der Waals surface area (Å²) in [6, 6.07) is 1.87. The van der Waals surface area contributed by atoms with Gasteiger partial charge in [-0.3, -0.25) is 9.48 Å². The summed E-state index contributed by atoms with van der Waals surface area (Å²) in [5.74, 6) is 1.61. The highest BCUT2D eigenvalue weighted by Gasteiger charge is 2.56. The second kappa shape index (κ2) is 6.40. The van der Waals surface area contributed by atoms with Gasteiger partial charge in [0.1, 0.15) is 5.56 Å². The molecule has 0 radical (unpaired) electrons. The highest BCUT2D eigenvalue weighted by molar-refractivity contribution is 7.88. The molecule has 4 aliphatic rings. The zero-order valence-corrected chi connectivity index (χ0v) is 17.4. The average molecular weight is 419 g/mol. The first-order valence-corrected chi connectivity index (χ1v) is 11.9. The van der Waals surface area contributed by atoms with Crippen LogP contribution in [0.4, 0.5) is 0 Å². The SMILES string of the molecule is Cn1ncc(C(=O)NC2[C@H]3CC4C[C@H]2CC(NS(C)(=O)=O)(C4)C3)c1-n1cccn1. The van der Waals surface area contributed by atoms with Crippen molar-refractivity contribution in [1.29, 1.82) is 0 Å². The van der Waals surface area contributed by atoms with Gasteiger partial charge >= 0.3 is 0 Å². The summed E-state index contributed by atoms with van der Waals surface area (Å²) in [5, 5.41) is 11.7. The number of amides is 1. The van der Waals surface area contributed by atoms with E-state index >= 15 is 0 Å². The summed E-state index contributed by atoms with van der Waals surface area (Å²) in [4.78, 5) is 13.2. The number of carbonyl (C=O) groups excluding carboxylic acids is 1. The van der Waals surface area contributed by atoms with E-state index in [2.05, 4.69) is 20.2 Å². The van der Waals surface area contributed by atoms with E-state index in [1.54, 1.807) is 41.1 Å². The van der Waals surface area contributed by atoms with Crippen LogP contribution in [-0.4, -0.2) is 51.7 Å². The molecule has 4 aliphatic carbocycles. The Balaban J connectivity index is 1.38. The first-order valence-electron chi connectivity index (χ1n) is 10.0. The molecule has 0 saturated heterocycles. The second-order valence-electron chi connectivity index (χ2n) is 9.08. The fraction of sp³-hybridized carbons (Fsp3) is 0.632. The molecule has 4 saturated carbocycles. The molecule has 0 aliphatic heterocycles. The molecule has 1 amide bonds. The topological polar surface area (TPSA) is 111 Å². The van der Waals surface area contributed by atoms with E-state index in [4.69, 9.17) is 0 Å². The van der Waals surface area contributed by atoms with Gasteiger partial charge in [0.05, 0.1) is 12.5 Å². The lowest BCUT2D eigenvalue weighted by Crippen LogP contribution is -2.66. The maximum atomic E-state index is 13.2. The van der Waals surface area contributed by atoms with E-state index in [-0.39, 0.29) is 17.5 Å². The Bertz CT molecular complexity index is 1030. The van der Waals surface area contributed by atoms with Crippen LogP contribution in [-0.2, 0) is 17.1 Å². The van der Waals surface area contributed by atoms with Crippen molar-refractivity contribution in [2.75, 3.05) is 6.26 Å². The van der Waals surface area contributed by atoms with Crippen molar-refractivity contribution in [3.63, 3.8) is 0 Å². The molecular weight excluding hydrogens is 392 g/mol. The zero-order chi connectivity index (χ0) is 20.4. The molecule has 0 unspecified atom stereocenters. The molecule has 9 nitrogen and oxygen atoms in total. The fourth-order valence-corrected chi connectivity index (χ4v) is 7.30. The van der Waals surface area contributed by atoms with Crippen LogP contribution in [0, 0.1) is 17.8 Å². The van der Waals surface area contributed by atoms with Crippen molar-refractivity contribution in [3.05, 3.63) is 30.2 Å². The molecule has 6 rings (SSSR count). The predicted octanol–water partition coefficient (Wildman–Crippen LogP) is 0.832. The van der Waals surface area contributed by atoms with Crippen LogP contribution in [0.15, 0.2) is 24.7 Å². The Morgan fingerprint density at radius 2 is 1.93 bits per heavy atom. The molecule has 156 valence electrons. The molecule has 2 heterocycles. The van der Waals surface area contributed by atoms with Gasteiger partial charge in [0.2, 0.25) is 10.0 Å². The Morgan fingerprint density at radius 3 is 2.55 bits per heavy atom. The van der Waals surface area contributed by atoms with Crippen LogP contribution in [0.2, 0.25) is 0 Å². The molecule has 2 atom stereocenters. The molecule has 2 aromatic rings. The lowest BCUT2D eigenvalue weighted by Gasteiger charge is -2.59. The van der Waals surface area contributed by atoms with Gasteiger partial charge in [-0.1, -0.05) is 0 Å². The van der Waals surface area contributed by atoms with Crippen LogP contribution < -0.4 is 10.0 Å². The Kier molecular flexibility index (Phi) is 4.15. The Morgan fingerprint density at radius 1 is 1.21 bits per heavy atom. The fourth-order valence-electron chi connectivity index (χ4n) is 6.26. The smallest absolute Gasteiger partial charge is 0.256 e. The minimum absolute atomic E-state index is 0.0687. The van der Waals surface area contributed by atoms with Gasteiger partial charge in [-0.15, -0.1) is 0 Å². The molecular formula is C19H26N6O3S. The zero-order valence-electron chi connectivity index (χ0n) is 16.6. The molecule has 2 aromatic heterocycles. The number of rotatable bonds is 5. The van der Waals surface area contributed by atoms with E-state index < -0.39 is 10.0 Å². The first-order chi connectivity index (χ1) is 13.7. The van der Waals surface area contributed by atoms with Crippen molar-refractivity contribution in [1.82, 2.24) is 29.6 Å². The lowest BCUT2D eigenvalue weighted by atomic mass is 9.51. The number of nitrogens with one attached hydrogen (secondary N) is 2. The van der Waals surface area contributed by atoms with Crippen LogP contribution in [0.5, 0.6) is 0 Å². The van der Waals surface area contributed by atoms with Crippen molar-refractivity contribution >= 4 is 15.9 Å². The van der Waals surface area contributed by atoms with Gasteiger partial charge in [0.15, 0.2) is 5.82 Å². The quantitative estimate of drug-likeness (QED) is 0.747. The largest absolute Gasteiger partial charge is 0.349 e. The molecule has 4 fully saturated rings. The first kappa shape index (κ1) is 18.8. The van der Waals surface area contributed by atoms with Crippen LogP contribution in [0.3, 0.4) is 0 Å². The Labute approximate surface area is 169 Å². The molecule has 10 heteroatoms. The van der Waals surface area contributed by atoms with E-state index in [0.717, 1.165) is 32.1 Å². The summed E-state index contributed by atoms with van der Waals surface area (Å²) < 4.78 is 30.0. The predicted molar refractivity (Wildman–Crippen MR) is 106 cm³/mol. The van der Waals surface area contributed by atoms with E-state index in [1.165, 1.54) is 6.26 Å². The standard InChI is InChI=1S/C19H26N6O3S/c1-24-18(25-5-3-4-20-25)15(11-21-24)17(26)22-16-13-6-12-7-14(16)10-19(8-12,9-13)23-29(2,27)28/h3-5,11-14,16,23H,6-10H2,1-2H3,(H,22,26)/t12?,13-,14-,16?,19?/m0/s1. The van der Waals surface area contributed by atoms with E-state index in [9.17, 15) is 13.2 Å². The van der Waals surface area contributed by atoms with Crippen LogP contribution >= 0.6 is 0 Å². The Hall–Kier alpha value is -2.20. The third kappa shape index (κ3) is 3.28. The minimum atomic E-state index is -3.26. The normalized spacial score (nSPS) is 33.2. The maximum Gasteiger partial charge on any atom is 0.256 e. The van der Waals surface area contributed by atoms with E-state index in [0.29, 0.717) is 29.1 Å². The molecule has 4 bridgehead atoms.